The second kappa shape index (κ2) is 6.60. The number of thioether (sulfide) groups is 1. The Hall–Kier alpha value is -1.50. The molecule has 1 heterocycles. The highest BCUT2D eigenvalue weighted by Gasteiger charge is 2.14. The van der Waals surface area contributed by atoms with Crippen LogP contribution in [0, 0.1) is 13.8 Å². The van der Waals surface area contributed by atoms with E-state index in [9.17, 15) is 9.59 Å². The van der Waals surface area contributed by atoms with E-state index in [0.717, 1.165) is 17.1 Å². The SMILES string of the molecule is Cc1nn(C)c(C)c1NC(=O)CSC(C)CC(=O)O. The monoisotopic (exact) mass is 285 g/mol. The molecule has 0 aromatic carbocycles. The number of hydrogen-bond acceptors (Lipinski definition) is 4. The summed E-state index contributed by atoms with van der Waals surface area (Å²) in [4.78, 5) is 22.3. The van der Waals surface area contributed by atoms with E-state index in [2.05, 4.69) is 10.4 Å². The number of nitrogens with zero attached hydrogens (tertiary/aromatic N) is 2. The lowest BCUT2D eigenvalue weighted by Crippen LogP contribution is -2.17. The smallest absolute Gasteiger partial charge is 0.304 e. The van der Waals surface area contributed by atoms with Gasteiger partial charge < -0.3 is 10.4 Å². The fourth-order valence-electron chi connectivity index (χ4n) is 1.65. The Bertz CT molecular complexity index is 485. The van der Waals surface area contributed by atoms with Crippen molar-refractivity contribution in [2.45, 2.75) is 32.4 Å². The normalized spacial score (nSPS) is 12.2. The summed E-state index contributed by atoms with van der Waals surface area (Å²) in [6.07, 6.45) is 0.0584. The van der Waals surface area contributed by atoms with Crippen molar-refractivity contribution in [1.82, 2.24) is 9.78 Å². The molecule has 1 amide bonds. The van der Waals surface area contributed by atoms with Crippen LogP contribution in [0.2, 0.25) is 0 Å². The third-order valence-corrected chi connectivity index (χ3v) is 3.90. The Labute approximate surface area is 116 Å². The van der Waals surface area contributed by atoms with Crippen LogP contribution < -0.4 is 5.32 Å². The first kappa shape index (κ1) is 15.6. The van der Waals surface area contributed by atoms with Crippen LogP contribution in [0.5, 0.6) is 0 Å². The lowest BCUT2D eigenvalue weighted by Gasteiger charge is -2.09. The van der Waals surface area contributed by atoms with Gasteiger partial charge >= 0.3 is 5.97 Å². The van der Waals surface area contributed by atoms with E-state index >= 15 is 0 Å². The minimum absolute atomic E-state index is 0.0584. The van der Waals surface area contributed by atoms with Gasteiger partial charge in [0.05, 0.1) is 29.2 Å². The lowest BCUT2D eigenvalue weighted by molar-refractivity contribution is -0.136. The van der Waals surface area contributed by atoms with E-state index in [4.69, 9.17) is 5.11 Å². The molecule has 1 unspecified atom stereocenters. The molecule has 0 fully saturated rings. The molecule has 1 aromatic rings. The molecular weight excluding hydrogens is 266 g/mol. The van der Waals surface area contributed by atoms with Crippen molar-refractivity contribution in [1.29, 1.82) is 0 Å². The number of aryl methyl sites for hydroxylation is 2. The van der Waals surface area contributed by atoms with Crippen molar-refractivity contribution in [3.05, 3.63) is 11.4 Å². The van der Waals surface area contributed by atoms with Gasteiger partial charge in [-0.15, -0.1) is 11.8 Å². The van der Waals surface area contributed by atoms with Gasteiger partial charge in [-0.1, -0.05) is 6.92 Å². The van der Waals surface area contributed by atoms with E-state index in [1.54, 1.807) is 11.6 Å². The molecule has 106 valence electrons. The van der Waals surface area contributed by atoms with Crippen molar-refractivity contribution in [3.8, 4) is 0 Å². The fraction of sp³-hybridized carbons (Fsp3) is 0.583. The minimum atomic E-state index is -0.848. The number of carbonyl (C=O) groups excluding carboxylic acids is 1. The number of rotatable bonds is 6. The van der Waals surface area contributed by atoms with Crippen molar-refractivity contribution in [2.24, 2.45) is 7.05 Å². The summed E-state index contributed by atoms with van der Waals surface area (Å²) < 4.78 is 1.71. The Morgan fingerprint density at radius 3 is 2.58 bits per heavy atom. The van der Waals surface area contributed by atoms with Gasteiger partial charge in [0.15, 0.2) is 0 Å². The van der Waals surface area contributed by atoms with Crippen LogP contribution in [0.4, 0.5) is 5.69 Å². The zero-order valence-corrected chi connectivity index (χ0v) is 12.4. The lowest BCUT2D eigenvalue weighted by atomic mass is 10.3. The highest BCUT2D eigenvalue weighted by Crippen LogP contribution is 2.19. The molecule has 2 N–H and O–H groups in total. The molecule has 0 saturated heterocycles. The van der Waals surface area contributed by atoms with Crippen molar-refractivity contribution in [3.63, 3.8) is 0 Å². The van der Waals surface area contributed by atoms with E-state index in [-0.39, 0.29) is 23.3 Å². The number of anilines is 1. The van der Waals surface area contributed by atoms with Gasteiger partial charge in [-0.25, -0.2) is 0 Å². The number of aromatic nitrogens is 2. The van der Waals surface area contributed by atoms with E-state index in [0.29, 0.717) is 0 Å². The number of carboxylic acid groups (broad SMARTS) is 1. The van der Waals surface area contributed by atoms with Crippen LogP contribution in [-0.2, 0) is 16.6 Å². The minimum Gasteiger partial charge on any atom is -0.481 e. The Morgan fingerprint density at radius 1 is 1.47 bits per heavy atom. The molecular formula is C12H19N3O3S. The van der Waals surface area contributed by atoms with Crippen LogP contribution in [0.15, 0.2) is 0 Å². The number of carbonyl (C=O) groups is 2. The second-order valence-electron chi connectivity index (χ2n) is 4.44. The molecule has 0 aliphatic rings. The van der Waals surface area contributed by atoms with Crippen molar-refractivity contribution >= 4 is 29.3 Å². The van der Waals surface area contributed by atoms with Gasteiger partial charge in [-0.05, 0) is 13.8 Å². The first-order valence-electron chi connectivity index (χ1n) is 5.94. The molecule has 0 spiro atoms. The number of amides is 1. The highest BCUT2D eigenvalue weighted by molar-refractivity contribution is 8.00. The van der Waals surface area contributed by atoms with Gasteiger partial charge in [0.25, 0.3) is 0 Å². The van der Waals surface area contributed by atoms with E-state index in [1.165, 1.54) is 11.8 Å². The molecule has 0 saturated carbocycles. The molecule has 0 aliphatic carbocycles. The quantitative estimate of drug-likeness (QED) is 0.829. The van der Waals surface area contributed by atoms with Crippen LogP contribution in [0.3, 0.4) is 0 Å². The first-order chi connectivity index (χ1) is 8.81. The summed E-state index contributed by atoms with van der Waals surface area (Å²) in [6.45, 7) is 5.52. The summed E-state index contributed by atoms with van der Waals surface area (Å²) in [5.41, 5.74) is 2.41. The number of nitrogens with one attached hydrogen (secondary N) is 1. The summed E-state index contributed by atoms with van der Waals surface area (Å²) in [5, 5.41) is 15.6. The molecule has 7 heteroatoms. The Kier molecular flexibility index (Phi) is 5.41. The maximum absolute atomic E-state index is 11.8. The van der Waals surface area contributed by atoms with Crippen LogP contribution in [0.25, 0.3) is 0 Å². The number of carboxylic acids is 1. The predicted octanol–water partition coefficient (Wildman–Crippen LogP) is 1.57. The average molecular weight is 285 g/mol. The Balaban J connectivity index is 2.49. The largest absolute Gasteiger partial charge is 0.481 e. The molecule has 0 bridgehead atoms. The predicted molar refractivity (Wildman–Crippen MR) is 75.5 cm³/mol. The summed E-state index contributed by atoms with van der Waals surface area (Å²) in [7, 11) is 1.82. The summed E-state index contributed by atoms with van der Waals surface area (Å²) >= 11 is 1.33. The zero-order valence-electron chi connectivity index (χ0n) is 11.6. The highest BCUT2D eigenvalue weighted by atomic mass is 32.2. The fourth-order valence-corrected chi connectivity index (χ4v) is 2.42. The van der Waals surface area contributed by atoms with Gasteiger partial charge in [0.2, 0.25) is 5.91 Å². The van der Waals surface area contributed by atoms with Gasteiger partial charge in [0, 0.05) is 12.3 Å². The standard InChI is InChI=1S/C12H19N3O3S/c1-7(5-11(17)18)19-6-10(16)13-12-8(2)14-15(4)9(12)3/h7H,5-6H2,1-4H3,(H,13,16)(H,17,18). The number of aliphatic carboxylic acids is 1. The first-order valence-corrected chi connectivity index (χ1v) is 6.99. The summed E-state index contributed by atoms with van der Waals surface area (Å²) in [6, 6.07) is 0. The zero-order chi connectivity index (χ0) is 14.6. The molecule has 6 nitrogen and oxygen atoms in total. The van der Waals surface area contributed by atoms with E-state index in [1.807, 2.05) is 20.9 Å². The maximum Gasteiger partial charge on any atom is 0.304 e. The molecule has 0 radical (unpaired) electrons. The van der Waals surface area contributed by atoms with Crippen LogP contribution in [-0.4, -0.2) is 37.8 Å². The third-order valence-electron chi connectivity index (χ3n) is 2.73. The molecule has 0 aliphatic heterocycles. The van der Waals surface area contributed by atoms with Gasteiger partial charge in [0.1, 0.15) is 0 Å². The average Bonchev–Trinajstić information content (AvgIpc) is 2.52. The Morgan fingerprint density at radius 2 is 2.11 bits per heavy atom. The number of hydrogen-bond donors (Lipinski definition) is 2. The molecule has 1 atom stereocenters. The molecule has 1 aromatic heterocycles. The van der Waals surface area contributed by atoms with Gasteiger partial charge in [-0.2, -0.15) is 5.10 Å². The topological polar surface area (TPSA) is 84.2 Å². The molecule has 19 heavy (non-hydrogen) atoms. The second-order valence-corrected chi connectivity index (χ2v) is 5.86. The summed E-state index contributed by atoms with van der Waals surface area (Å²) in [5.74, 6) is -0.747. The van der Waals surface area contributed by atoms with Gasteiger partial charge in [-0.3, -0.25) is 14.3 Å². The van der Waals surface area contributed by atoms with Crippen molar-refractivity contribution in [2.75, 3.05) is 11.1 Å². The van der Waals surface area contributed by atoms with Crippen LogP contribution in [0.1, 0.15) is 24.7 Å². The third kappa shape index (κ3) is 4.59. The maximum atomic E-state index is 11.8. The van der Waals surface area contributed by atoms with Crippen LogP contribution >= 0.6 is 11.8 Å². The van der Waals surface area contributed by atoms with Crippen molar-refractivity contribution < 1.29 is 14.7 Å². The molecule has 1 rings (SSSR count). The van der Waals surface area contributed by atoms with E-state index < -0.39 is 5.97 Å².